The van der Waals surface area contributed by atoms with Gasteiger partial charge in [-0.25, -0.2) is 0 Å². The molecule has 20 heavy (non-hydrogen) atoms. The highest BCUT2D eigenvalue weighted by atomic mass is 35.5. The second kappa shape index (κ2) is 6.68. The third-order valence-corrected chi connectivity index (χ3v) is 4.18. The standard InChI is InChI=1S/C17H27Cl2N/c1-16(2,3)13(11-20-17(4,5)6)9-12-10-14(18)7-8-15(12)19/h7-8,10,13,20H,9,11H2,1-6H3. The van der Waals surface area contributed by atoms with Gasteiger partial charge in [0, 0.05) is 15.6 Å². The number of rotatable bonds is 4. The van der Waals surface area contributed by atoms with Crippen LogP contribution in [-0.4, -0.2) is 12.1 Å². The van der Waals surface area contributed by atoms with Crippen molar-refractivity contribution in [2.75, 3.05) is 6.54 Å². The Hall–Kier alpha value is -0.240. The summed E-state index contributed by atoms with van der Waals surface area (Å²) in [4.78, 5) is 0. The van der Waals surface area contributed by atoms with E-state index in [0.29, 0.717) is 5.92 Å². The summed E-state index contributed by atoms with van der Waals surface area (Å²) >= 11 is 12.4. The number of benzene rings is 1. The van der Waals surface area contributed by atoms with Crippen LogP contribution in [0.5, 0.6) is 0 Å². The van der Waals surface area contributed by atoms with E-state index in [1.165, 1.54) is 0 Å². The van der Waals surface area contributed by atoms with Crippen molar-refractivity contribution >= 4 is 23.2 Å². The van der Waals surface area contributed by atoms with Gasteiger partial charge in [0.15, 0.2) is 0 Å². The summed E-state index contributed by atoms with van der Waals surface area (Å²) in [6, 6.07) is 5.71. The van der Waals surface area contributed by atoms with Crippen LogP contribution in [0.15, 0.2) is 18.2 Å². The van der Waals surface area contributed by atoms with E-state index in [-0.39, 0.29) is 11.0 Å². The Bertz CT molecular complexity index is 441. The molecule has 0 saturated heterocycles. The van der Waals surface area contributed by atoms with Gasteiger partial charge in [0.2, 0.25) is 0 Å². The second-order valence-corrected chi connectivity index (χ2v) is 8.48. The molecule has 0 bridgehead atoms. The summed E-state index contributed by atoms with van der Waals surface area (Å²) in [7, 11) is 0. The van der Waals surface area contributed by atoms with Gasteiger partial charge in [0.05, 0.1) is 0 Å². The van der Waals surface area contributed by atoms with Crippen LogP contribution in [-0.2, 0) is 6.42 Å². The second-order valence-electron chi connectivity index (χ2n) is 7.63. The summed E-state index contributed by atoms with van der Waals surface area (Å²) in [5.74, 6) is 0.498. The van der Waals surface area contributed by atoms with Gasteiger partial charge in [-0.05, 0) is 68.8 Å². The van der Waals surface area contributed by atoms with Gasteiger partial charge in [0.1, 0.15) is 0 Å². The zero-order valence-electron chi connectivity index (χ0n) is 13.5. The summed E-state index contributed by atoms with van der Waals surface area (Å²) in [5.41, 5.74) is 1.47. The highest BCUT2D eigenvalue weighted by Crippen LogP contribution is 2.32. The molecular formula is C17H27Cl2N. The molecule has 0 aromatic heterocycles. The minimum absolute atomic E-state index is 0.127. The Morgan fingerprint density at radius 2 is 1.65 bits per heavy atom. The molecule has 1 nitrogen and oxygen atoms in total. The summed E-state index contributed by atoms with van der Waals surface area (Å²) in [6.07, 6.45) is 0.936. The molecule has 0 fully saturated rings. The molecule has 0 radical (unpaired) electrons. The molecule has 0 aliphatic rings. The quantitative estimate of drug-likeness (QED) is 0.764. The average molecular weight is 316 g/mol. The highest BCUT2D eigenvalue weighted by molar-refractivity contribution is 6.33. The lowest BCUT2D eigenvalue weighted by Crippen LogP contribution is -2.42. The van der Waals surface area contributed by atoms with E-state index in [0.717, 1.165) is 28.6 Å². The molecule has 1 aromatic rings. The Balaban J connectivity index is 2.87. The number of hydrogen-bond acceptors (Lipinski definition) is 1. The monoisotopic (exact) mass is 315 g/mol. The molecule has 0 amide bonds. The molecule has 0 saturated carbocycles. The van der Waals surface area contributed by atoms with Gasteiger partial charge in [0.25, 0.3) is 0 Å². The SMILES string of the molecule is CC(C)(C)NCC(Cc1cc(Cl)ccc1Cl)C(C)(C)C. The molecular weight excluding hydrogens is 289 g/mol. The van der Waals surface area contributed by atoms with Gasteiger partial charge in [-0.3, -0.25) is 0 Å². The summed E-state index contributed by atoms with van der Waals surface area (Å²) < 4.78 is 0. The van der Waals surface area contributed by atoms with Crippen LogP contribution in [0.25, 0.3) is 0 Å². The Morgan fingerprint density at radius 3 is 2.15 bits per heavy atom. The number of hydrogen-bond donors (Lipinski definition) is 1. The third kappa shape index (κ3) is 6.03. The molecule has 1 rings (SSSR count). The minimum Gasteiger partial charge on any atom is -0.312 e. The first-order valence-corrected chi connectivity index (χ1v) is 7.93. The molecule has 3 heteroatoms. The predicted molar refractivity (Wildman–Crippen MR) is 90.9 cm³/mol. The smallest absolute Gasteiger partial charge is 0.0439 e. The van der Waals surface area contributed by atoms with Crippen LogP contribution < -0.4 is 5.32 Å². The maximum Gasteiger partial charge on any atom is 0.0439 e. The van der Waals surface area contributed by atoms with Crippen molar-refractivity contribution in [3.8, 4) is 0 Å². The lowest BCUT2D eigenvalue weighted by molar-refractivity contribution is 0.214. The largest absolute Gasteiger partial charge is 0.312 e. The van der Waals surface area contributed by atoms with Crippen LogP contribution in [0, 0.1) is 11.3 Å². The first-order chi connectivity index (χ1) is 8.99. The molecule has 1 N–H and O–H groups in total. The molecule has 0 spiro atoms. The van der Waals surface area contributed by atoms with E-state index in [4.69, 9.17) is 23.2 Å². The van der Waals surface area contributed by atoms with Gasteiger partial charge >= 0.3 is 0 Å². The minimum atomic E-state index is 0.127. The zero-order valence-corrected chi connectivity index (χ0v) is 15.0. The van der Waals surface area contributed by atoms with Crippen molar-refractivity contribution in [1.82, 2.24) is 5.32 Å². The molecule has 1 atom stereocenters. The lowest BCUT2D eigenvalue weighted by Gasteiger charge is -2.34. The van der Waals surface area contributed by atoms with Crippen LogP contribution in [0.3, 0.4) is 0 Å². The number of halogens is 2. The fraction of sp³-hybridized carbons (Fsp3) is 0.647. The van der Waals surface area contributed by atoms with Gasteiger partial charge in [-0.15, -0.1) is 0 Å². The number of nitrogens with one attached hydrogen (secondary N) is 1. The van der Waals surface area contributed by atoms with Gasteiger partial charge in [-0.1, -0.05) is 44.0 Å². The Labute approximate surface area is 134 Å². The van der Waals surface area contributed by atoms with Crippen LogP contribution in [0.2, 0.25) is 10.0 Å². The first kappa shape index (κ1) is 17.8. The summed E-state index contributed by atoms with van der Waals surface area (Å²) in [5, 5.41) is 5.16. The fourth-order valence-electron chi connectivity index (χ4n) is 2.08. The molecule has 0 aliphatic heterocycles. The van der Waals surface area contributed by atoms with Crippen LogP contribution >= 0.6 is 23.2 Å². The third-order valence-electron chi connectivity index (χ3n) is 3.58. The first-order valence-electron chi connectivity index (χ1n) is 7.18. The van der Waals surface area contributed by atoms with Crippen molar-refractivity contribution in [1.29, 1.82) is 0 Å². The van der Waals surface area contributed by atoms with E-state index < -0.39 is 0 Å². The zero-order chi connectivity index (χ0) is 15.6. The lowest BCUT2D eigenvalue weighted by atomic mass is 9.77. The average Bonchev–Trinajstić information content (AvgIpc) is 2.25. The van der Waals surface area contributed by atoms with Crippen molar-refractivity contribution in [3.05, 3.63) is 33.8 Å². The maximum atomic E-state index is 6.30. The Morgan fingerprint density at radius 1 is 1.05 bits per heavy atom. The topological polar surface area (TPSA) is 12.0 Å². The molecule has 1 unspecified atom stereocenters. The normalized spacial score (nSPS) is 14.4. The molecule has 1 aromatic carbocycles. The van der Waals surface area contributed by atoms with Crippen molar-refractivity contribution in [2.45, 2.75) is 53.5 Å². The summed E-state index contributed by atoms with van der Waals surface area (Å²) in [6.45, 7) is 14.4. The van der Waals surface area contributed by atoms with Gasteiger partial charge < -0.3 is 5.32 Å². The Kier molecular flexibility index (Phi) is 5.95. The predicted octanol–water partition coefficient (Wildman–Crippen LogP) is 5.59. The molecule has 0 heterocycles. The van der Waals surface area contributed by atoms with Crippen LogP contribution in [0.4, 0.5) is 0 Å². The van der Waals surface area contributed by atoms with Crippen LogP contribution in [0.1, 0.15) is 47.1 Å². The van der Waals surface area contributed by atoms with Crippen molar-refractivity contribution < 1.29 is 0 Å². The van der Waals surface area contributed by atoms with Crippen molar-refractivity contribution in [3.63, 3.8) is 0 Å². The fourth-order valence-corrected chi connectivity index (χ4v) is 2.47. The van der Waals surface area contributed by atoms with E-state index in [1.54, 1.807) is 0 Å². The van der Waals surface area contributed by atoms with E-state index in [9.17, 15) is 0 Å². The van der Waals surface area contributed by atoms with Crippen molar-refractivity contribution in [2.24, 2.45) is 11.3 Å². The van der Waals surface area contributed by atoms with Gasteiger partial charge in [-0.2, -0.15) is 0 Å². The van der Waals surface area contributed by atoms with E-state index >= 15 is 0 Å². The molecule has 0 aliphatic carbocycles. The van der Waals surface area contributed by atoms with E-state index in [1.807, 2.05) is 18.2 Å². The molecule has 114 valence electrons. The highest BCUT2D eigenvalue weighted by Gasteiger charge is 2.26. The maximum absolute atomic E-state index is 6.30. The van der Waals surface area contributed by atoms with E-state index in [2.05, 4.69) is 46.9 Å².